The van der Waals surface area contributed by atoms with Gasteiger partial charge < -0.3 is 5.32 Å². The molecule has 0 aliphatic rings. The summed E-state index contributed by atoms with van der Waals surface area (Å²) < 4.78 is 0. The Bertz CT molecular complexity index is 384. The number of carbonyl (C=O) groups excluding carboxylic acids is 1. The number of rotatable bonds is 13. The van der Waals surface area contributed by atoms with Gasteiger partial charge in [-0.2, -0.15) is 0 Å². The van der Waals surface area contributed by atoms with Gasteiger partial charge in [0.2, 0.25) is 5.91 Å². The summed E-state index contributed by atoms with van der Waals surface area (Å²) in [4.78, 5) is 17.0. The first-order valence-corrected chi connectivity index (χ1v) is 9.61. The van der Waals surface area contributed by atoms with Gasteiger partial charge in [0.15, 0.2) is 0 Å². The quantitative estimate of drug-likeness (QED) is 0.418. The molecule has 0 saturated carbocycles. The van der Waals surface area contributed by atoms with Crippen molar-refractivity contribution in [2.24, 2.45) is 0 Å². The molecular formula is C18H30N2OS. The average Bonchev–Trinajstić information content (AvgIpc) is 2.54. The van der Waals surface area contributed by atoms with Crippen LogP contribution in [0.1, 0.15) is 64.7 Å². The average molecular weight is 323 g/mol. The highest BCUT2D eigenvalue weighted by Crippen LogP contribution is 2.16. The second-order valence-electron chi connectivity index (χ2n) is 5.61. The van der Waals surface area contributed by atoms with E-state index in [-0.39, 0.29) is 5.91 Å². The van der Waals surface area contributed by atoms with Gasteiger partial charge in [0.25, 0.3) is 0 Å². The smallest absolute Gasteiger partial charge is 0.219 e. The largest absolute Gasteiger partial charge is 0.356 e. The second-order valence-corrected chi connectivity index (χ2v) is 6.78. The van der Waals surface area contributed by atoms with E-state index in [1.165, 1.54) is 43.4 Å². The van der Waals surface area contributed by atoms with Crippen LogP contribution in [0.15, 0.2) is 29.4 Å². The lowest BCUT2D eigenvalue weighted by molar-refractivity contribution is -0.121. The van der Waals surface area contributed by atoms with Crippen molar-refractivity contribution < 1.29 is 4.79 Å². The van der Waals surface area contributed by atoms with E-state index in [1.807, 2.05) is 12.3 Å². The molecule has 1 amide bonds. The molecule has 124 valence electrons. The molecule has 1 rings (SSSR count). The molecule has 0 unspecified atom stereocenters. The molecule has 0 saturated heterocycles. The number of carbonyl (C=O) groups is 1. The van der Waals surface area contributed by atoms with E-state index in [0.29, 0.717) is 6.42 Å². The van der Waals surface area contributed by atoms with Gasteiger partial charge in [-0.1, -0.05) is 45.4 Å². The minimum atomic E-state index is 0.208. The predicted octanol–water partition coefficient (Wildman–Crippen LogP) is 4.82. The van der Waals surface area contributed by atoms with Gasteiger partial charge in [0.1, 0.15) is 0 Å². The molecule has 1 aromatic rings. The van der Waals surface area contributed by atoms with Crippen LogP contribution in [-0.2, 0) is 4.79 Å². The first kappa shape index (κ1) is 19.0. The van der Waals surface area contributed by atoms with Crippen LogP contribution < -0.4 is 5.32 Å². The molecule has 1 aromatic heterocycles. The Morgan fingerprint density at radius 2 is 1.91 bits per heavy atom. The third kappa shape index (κ3) is 10.7. The summed E-state index contributed by atoms with van der Waals surface area (Å²) >= 11 is 1.79. The molecule has 0 bridgehead atoms. The summed E-state index contributed by atoms with van der Waals surface area (Å²) in [5.41, 5.74) is 0. The van der Waals surface area contributed by atoms with E-state index in [2.05, 4.69) is 23.3 Å². The minimum absolute atomic E-state index is 0.208. The van der Waals surface area contributed by atoms with Gasteiger partial charge in [-0.3, -0.25) is 9.78 Å². The zero-order chi connectivity index (χ0) is 15.9. The fraction of sp³-hybridized carbons (Fsp3) is 0.667. The first-order valence-electron chi connectivity index (χ1n) is 8.62. The monoisotopic (exact) mass is 322 g/mol. The summed E-state index contributed by atoms with van der Waals surface area (Å²) in [6, 6.07) is 4.02. The molecule has 0 aromatic carbocycles. The molecule has 0 spiro atoms. The standard InChI is InChI=1S/C18H30N2OS/c1-2-3-4-5-6-7-8-12-18(21)20-14-10-15-22-17-11-9-13-19-16-17/h9,11,13,16H,2-8,10,12,14-15H2,1H3,(H,20,21). The second kappa shape index (κ2) is 13.6. The molecule has 1 N–H and O–H groups in total. The van der Waals surface area contributed by atoms with Gasteiger partial charge in [0.05, 0.1) is 0 Å². The van der Waals surface area contributed by atoms with Crippen molar-refractivity contribution in [1.29, 1.82) is 0 Å². The molecule has 0 aliphatic heterocycles. The molecule has 0 atom stereocenters. The maximum absolute atomic E-state index is 11.7. The van der Waals surface area contributed by atoms with Crippen molar-refractivity contribution in [3.05, 3.63) is 24.5 Å². The maximum Gasteiger partial charge on any atom is 0.219 e. The summed E-state index contributed by atoms with van der Waals surface area (Å²) in [6.07, 6.45) is 14.1. The highest BCUT2D eigenvalue weighted by Gasteiger charge is 2.00. The molecule has 1 heterocycles. The molecule has 0 aliphatic carbocycles. The number of unbranched alkanes of at least 4 members (excludes halogenated alkanes) is 6. The van der Waals surface area contributed by atoms with Crippen LogP contribution in [0, 0.1) is 0 Å². The molecule has 0 radical (unpaired) electrons. The van der Waals surface area contributed by atoms with Gasteiger partial charge in [-0.05, 0) is 30.7 Å². The predicted molar refractivity (Wildman–Crippen MR) is 95.2 cm³/mol. The zero-order valence-electron chi connectivity index (χ0n) is 13.9. The number of nitrogens with zero attached hydrogens (tertiary/aromatic N) is 1. The fourth-order valence-electron chi connectivity index (χ4n) is 2.25. The topological polar surface area (TPSA) is 42.0 Å². The lowest BCUT2D eigenvalue weighted by atomic mass is 10.1. The van der Waals surface area contributed by atoms with Crippen molar-refractivity contribution in [3.63, 3.8) is 0 Å². The van der Waals surface area contributed by atoms with Crippen LogP contribution >= 0.6 is 11.8 Å². The van der Waals surface area contributed by atoms with Crippen LogP contribution in [0.5, 0.6) is 0 Å². The number of thioether (sulfide) groups is 1. The maximum atomic E-state index is 11.7. The van der Waals surface area contributed by atoms with Crippen molar-refractivity contribution in [2.75, 3.05) is 12.3 Å². The van der Waals surface area contributed by atoms with Gasteiger partial charge >= 0.3 is 0 Å². The summed E-state index contributed by atoms with van der Waals surface area (Å²) in [7, 11) is 0. The number of nitrogens with one attached hydrogen (secondary N) is 1. The fourth-order valence-corrected chi connectivity index (χ4v) is 3.09. The van der Waals surface area contributed by atoms with Gasteiger partial charge in [0, 0.05) is 30.3 Å². The third-order valence-corrected chi connectivity index (χ3v) is 4.62. The van der Waals surface area contributed by atoms with E-state index in [9.17, 15) is 4.79 Å². The SMILES string of the molecule is CCCCCCCCCC(=O)NCCCSc1cccnc1. The van der Waals surface area contributed by atoms with Crippen LogP contribution in [0.4, 0.5) is 0 Å². The van der Waals surface area contributed by atoms with Crippen LogP contribution in [-0.4, -0.2) is 23.2 Å². The Morgan fingerprint density at radius 1 is 1.14 bits per heavy atom. The lowest BCUT2D eigenvalue weighted by Crippen LogP contribution is -2.24. The van der Waals surface area contributed by atoms with Crippen molar-refractivity contribution in [3.8, 4) is 0 Å². The Labute approximate surface area is 139 Å². The number of pyridine rings is 1. The van der Waals surface area contributed by atoms with E-state index in [4.69, 9.17) is 0 Å². The normalized spacial score (nSPS) is 10.6. The number of amides is 1. The lowest BCUT2D eigenvalue weighted by Gasteiger charge is -2.05. The Balaban J connectivity index is 1.87. The first-order chi connectivity index (χ1) is 10.8. The third-order valence-electron chi connectivity index (χ3n) is 3.55. The van der Waals surface area contributed by atoms with Crippen molar-refractivity contribution in [1.82, 2.24) is 10.3 Å². The molecular weight excluding hydrogens is 292 g/mol. The molecule has 3 nitrogen and oxygen atoms in total. The van der Waals surface area contributed by atoms with E-state index in [0.717, 1.165) is 25.1 Å². The minimum Gasteiger partial charge on any atom is -0.356 e. The van der Waals surface area contributed by atoms with Gasteiger partial charge in [-0.25, -0.2) is 0 Å². The summed E-state index contributed by atoms with van der Waals surface area (Å²) in [6.45, 7) is 3.02. The molecule has 4 heteroatoms. The molecule has 22 heavy (non-hydrogen) atoms. The highest BCUT2D eigenvalue weighted by molar-refractivity contribution is 7.99. The van der Waals surface area contributed by atoms with Crippen molar-refractivity contribution in [2.45, 2.75) is 69.6 Å². The summed E-state index contributed by atoms with van der Waals surface area (Å²) in [5, 5.41) is 3.01. The Morgan fingerprint density at radius 3 is 2.64 bits per heavy atom. The van der Waals surface area contributed by atoms with Crippen LogP contribution in [0.3, 0.4) is 0 Å². The molecule has 0 fully saturated rings. The Hall–Kier alpha value is -1.03. The zero-order valence-corrected chi connectivity index (χ0v) is 14.7. The Kier molecular flexibility index (Phi) is 11.8. The van der Waals surface area contributed by atoms with Crippen molar-refractivity contribution >= 4 is 17.7 Å². The number of hydrogen-bond acceptors (Lipinski definition) is 3. The van der Waals surface area contributed by atoms with E-state index < -0.39 is 0 Å². The van der Waals surface area contributed by atoms with Crippen LogP contribution in [0.2, 0.25) is 0 Å². The summed E-state index contributed by atoms with van der Waals surface area (Å²) in [5.74, 6) is 1.23. The number of hydrogen-bond donors (Lipinski definition) is 1. The van der Waals surface area contributed by atoms with Crippen LogP contribution in [0.25, 0.3) is 0 Å². The van der Waals surface area contributed by atoms with Gasteiger partial charge in [-0.15, -0.1) is 11.8 Å². The van der Waals surface area contributed by atoms with E-state index in [1.54, 1.807) is 18.0 Å². The number of aromatic nitrogens is 1. The highest BCUT2D eigenvalue weighted by atomic mass is 32.2. The van der Waals surface area contributed by atoms with E-state index >= 15 is 0 Å².